The summed E-state index contributed by atoms with van der Waals surface area (Å²) in [7, 11) is 1.64. The molecule has 0 heterocycles. The zero-order chi connectivity index (χ0) is 13.7. The van der Waals surface area contributed by atoms with Crippen LogP contribution in [0.1, 0.15) is 11.1 Å². The molecule has 96 valence electrons. The Labute approximate surface area is 121 Å². The number of ether oxygens (including phenoxy) is 1. The molecule has 0 fully saturated rings. The highest BCUT2D eigenvalue weighted by molar-refractivity contribution is 9.10. The maximum Gasteiger partial charge on any atom is 0.121 e. The van der Waals surface area contributed by atoms with Gasteiger partial charge in [-0.25, -0.2) is 0 Å². The zero-order valence-corrected chi connectivity index (χ0v) is 12.1. The van der Waals surface area contributed by atoms with Crippen molar-refractivity contribution >= 4 is 21.6 Å². The standard InChI is InChI=1S/C15H13BrN2O/c1-19-13-5-6-14(16)15(8-13)18-10-12-4-2-3-11(7-12)9-17/h2-8,18H,10H2,1H3. The molecule has 0 aromatic heterocycles. The lowest BCUT2D eigenvalue weighted by Crippen LogP contribution is -2.00. The third-order valence-electron chi connectivity index (χ3n) is 2.71. The number of rotatable bonds is 4. The Hall–Kier alpha value is -1.99. The second kappa shape index (κ2) is 6.26. The largest absolute Gasteiger partial charge is 0.497 e. The second-order valence-electron chi connectivity index (χ2n) is 4.01. The van der Waals surface area contributed by atoms with E-state index < -0.39 is 0 Å². The summed E-state index contributed by atoms with van der Waals surface area (Å²) in [6.07, 6.45) is 0. The van der Waals surface area contributed by atoms with Crippen molar-refractivity contribution in [3.8, 4) is 11.8 Å². The fraction of sp³-hybridized carbons (Fsp3) is 0.133. The summed E-state index contributed by atoms with van der Waals surface area (Å²) in [5.74, 6) is 0.802. The van der Waals surface area contributed by atoms with Crippen molar-refractivity contribution in [2.24, 2.45) is 0 Å². The van der Waals surface area contributed by atoms with E-state index in [0.717, 1.165) is 21.5 Å². The average Bonchev–Trinajstić information content (AvgIpc) is 2.46. The number of hydrogen-bond donors (Lipinski definition) is 1. The van der Waals surface area contributed by atoms with Gasteiger partial charge in [0.05, 0.1) is 24.4 Å². The minimum absolute atomic E-state index is 0.654. The van der Waals surface area contributed by atoms with Gasteiger partial charge in [0.15, 0.2) is 0 Å². The number of methoxy groups -OCH3 is 1. The molecule has 0 aliphatic rings. The maximum atomic E-state index is 8.87. The minimum atomic E-state index is 0.654. The molecule has 3 nitrogen and oxygen atoms in total. The third-order valence-corrected chi connectivity index (χ3v) is 3.40. The first kappa shape index (κ1) is 13.4. The summed E-state index contributed by atoms with van der Waals surface area (Å²) < 4.78 is 6.17. The molecule has 0 spiro atoms. The smallest absolute Gasteiger partial charge is 0.121 e. The summed E-state index contributed by atoms with van der Waals surface area (Å²) in [6.45, 7) is 0.654. The number of anilines is 1. The maximum absolute atomic E-state index is 8.87. The second-order valence-corrected chi connectivity index (χ2v) is 4.87. The number of benzene rings is 2. The molecule has 2 aromatic rings. The molecule has 0 aliphatic carbocycles. The molecule has 4 heteroatoms. The zero-order valence-electron chi connectivity index (χ0n) is 10.5. The highest BCUT2D eigenvalue weighted by Crippen LogP contribution is 2.27. The van der Waals surface area contributed by atoms with Crippen molar-refractivity contribution in [2.75, 3.05) is 12.4 Å². The summed E-state index contributed by atoms with van der Waals surface area (Å²) in [5, 5.41) is 12.2. The van der Waals surface area contributed by atoms with E-state index in [1.165, 1.54) is 0 Å². The molecule has 0 aliphatic heterocycles. The van der Waals surface area contributed by atoms with Crippen LogP contribution in [0.2, 0.25) is 0 Å². The van der Waals surface area contributed by atoms with Gasteiger partial charge in [-0.05, 0) is 45.8 Å². The quantitative estimate of drug-likeness (QED) is 0.929. The Balaban J connectivity index is 2.12. The van der Waals surface area contributed by atoms with Crippen LogP contribution in [0, 0.1) is 11.3 Å². The van der Waals surface area contributed by atoms with Crippen LogP contribution in [-0.4, -0.2) is 7.11 Å². The Bertz CT molecular complexity index is 620. The van der Waals surface area contributed by atoms with Gasteiger partial charge in [-0.15, -0.1) is 0 Å². The predicted molar refractivity (Wildman–Crippen MR) is 79.2 cm³/mol. The Kier molecular flexibility index (Phi) is 4.43. The lowest BCUT2D eigenvalue weighted by Gasteiger charge is -2.10. The van der Waals surface area contributed by atoms with E-state index in [4.69, 9.17) is 10.00 Å². The highest BCUT2D eigenvalue weighted by atomic mass is 79.9. The number of nitrogens with zero attached hydrogens (tertiary/aromatic N) is 1. The van der Waals surface area contributed by atoms with E-state index >= 15 is 0 Å². The summed E-state index contributed by atoms with van der Waals surface area (Å²) in [6, 6.07) is 15.4. The molecule has 19 heavy (non-hydrogen) atoms. The normalized spacial score (nSPS) is 9.74. The van der Waals surface area contributed by atoms with E-state index in [0.29, 0.717) is 12.1 Å². The highest BCUT2D eigenvalue weighted by Gasteiger charge is 2.02. The van der Waals surface area contributed by atoms with Gasteiger partial charge >= 0.3 is 0 Å². The van der Waals surface area contributed by atoms with Crippen LogP contribution in [0.3, 0.4) is 0 Å². The van der Waals surface area contributed by atoms with Crippen LogP contribution in [0.5, 0.6) is 5.75 Å². The molecule has 0 bridgehead atoms. The van der Waals surface area contributed by atoms with Crippen molar-refractivity contribution in [3.05, 3.63) is 58.1 Å². The molecule has 0 atom stereocenters. The summed E-state index contributed by atoms with van der Waals surface area (Å²) in [5.41, 5.74) is 2.69. The van der Waals surface area contributed by atoms with Gasteiger partial charge in [0, 0.05) is 17.1 Å². The van der Waals surface area contributed by atoms with Crippen LogP contribution in [-0.2, 0) is 6.54 Å². The third kappa shape index (κ3) is 3.49. The van der Waals surface area contributed by atoms with Crippen molar-refractivity contribution in [1.82, 2.24) is 0 Å². The molecule has 0 saturated carbocycles. The first-order chi connectivity index (χ1) is 9.22. The average molecular weight is 317 g/mol. The number of halogens is 1. The predicted octanol–water partition coefficient (Wildman–Crippen LogP) is 3.94. The van der Waals surface area contributed by atoms with E-state index in [-0.39, 0.29) is 0 Å². The van der Waals surface area contributed by atoms with Gasteiger partial charge in [0.25, 0.3) is 0 Å². The van der Waals surface area contributed by atoms with Gasteiger partial charge in [-0.1, -0.05) is 12.1 Å². The van der Waals surface area contributed by atoms with Crippen LogP contribution in [0.25, 0.3) is 0 Å². The number of nitriles is 1. The molecular formula is C15H13BrN2O. The van der Waals surface area contributed by atoms with Gasteiger partial charge in [0.1, 0.15) is 5.75 Å². The summed E-state index contributed by atoms with van der Waals surface area (Å²) >= 11 is 3.49. The van der Waals surface area contributed by atoms with Crippen molar-refractivity contribution in [1.29, 1.82) is 5.26 Å². The SMILES string of the molecule is COc1ccc(Br)c(NCc2cccc(C#N)c2)c1. The lowest BCUT2D eigenvalue weighted by molar-refractivity contribution is 0.415. The minimum Gasteiger partial charge on any atom is -0.497 e. The summed E-state index contributed by atoms with van der Waals surface area (Å²) in [4.78, 5) is 0. The topological polar surface area (TPSA) is 45.0 Å². The first-order valence-corrected chi connectivity index (χ1v) is 6.58. The molecule has 2 rings (SSSR count). The van der Waals surface area contributed by atoms with Gasteiger partial charge in [-0.2, -0.15) is 5.26 Å². The van der Waals surface area contributed by atoms with Crippen molar-refractivity contribution < 1.29 is 4.74 Å². The fourth-order valence-electron chi connectivity index (χ4n) is 1.71. The number of nitrogens with one attached hydrogen (secondary N) is 1. The van der Waals surface area contributed by atoms with E-state index in [2.05, 4.69) is 27.3 Å². The van der Waals surface area contributed by atoms with Crippen LogP contribution < -0.4 is 10.1 Å². The Morgan fingerprint density at radius 1 is 1.26 bits per heavy atom. The number of hydrogen-bond acceptors (Lipinski definition) is 3. The molecule has 2 aromatic carbocycles. The van der Waals surface area contributed by atoms with E-state index in [1.807, 2.05) is 36.4 Å². The van der Waals surface area contributed by atoms with Crippen LogP contribution in [0.4, 0.5) is 5.69 Å². The van der Waals surface area contributed by atoms with Crippen LogP contribution in [0.15, 0.2) is 46.9 Å². The molecule has 0 amide bonds. The van der Waals surface area contributed by atoms with Crippen molar-refractivity contribution in [3.63, 3.8) is 0 Å². The molecule has 0 unspecified atom stereocenters. The fourth-order valence-corrected chi connectivity index (χ4v) is 2.10. The Morgan fingerprint density at radius 2 is 2.11 bits per heavy atom. The lowest BCUT2D eigenvalue weighted by atomic mass is 10.1. The molecule has 1 N–H and O–H groups in total. The monoisotopic (exact) mass is 316 g/mol. The Morgan fingerprint density at radius 3 is 2.84 bits per heavy atom. The molecule has 0 saturated heterocycles. The van der Waals surface area contributed by atoms with Crippen LogP contribution >= 0.6 is 15.9 Å². The van der Waals surface area contributed by atoms with Gasteiger partial charge < -0.3 is 10.1 Å². The van der Waals surface area contributed by atoms with Crippen molar-refractivity contribution in [2.45, 2.75) is 6.54 Å². The molecule has 0 radical (unpaired) electrons. The first-order valence-electron chi connectivity index (χ1n) is 5.79. The van der Waals surface area contributed by atoms with E-state index in [9.17, 15) is 0 Å². The molecular weight excluding hydrogens is 304 g/mol. The van der Waals surface area contributed by atoms with E-state index in [1.54, 1.807) is 13.2 Å². The van der Waals surface area contributed by atoms with Gasteiger partial charge in [-0.3, -0.25) is 0 Å². The van der Waals surface area contributed by atoms with Gasteiger partial charge in [0.2, 0.25) is 0 Å².